The van der Waals surface area contributed by atoms with Crippen LogP contribution in [0.2, 0.25) is 0 Å². The van der Waals surface area contributed by atoms with Gasteiger partial charge in [-0.15, -0.1) is 0 Å². The van der Waals surface area contributed by atoms with Crippen LogP contribution in [0, 0.1) is 20.2 Å². The quantitative estimate of drug-likeness (QED) is 0.140. The first-order valence-corrected chi connectivity index (χ1v) is 9.69. The number of nitro groups is 2. The van der Waals surface area contributed by atoms with Crippen molar-refractivity contribution in [3.05, 3.63) is 55.9 Å². The predicted molar refractivity (Wildman–Crippen MR) is 106 cm³/mol. The molecule has 0 amide bonds. The van der Waals surface area contributed by atoms with E-state index in [4.69, 9.17) is 0 Å². The molecule has 27 heavy (non-hydrogen) atoms. The zero-order chi connectivity index (χ0) is 20.3. The van der Waals surface area contributed by atoms with Crippen LogP contribution in [0.4, 0.5) is 0 Å². The molecular weight excluding hydrogens is 348 g/mol. The lowest BCUT2D eigenvalue weighted by Gasteiger charge is -2.01. The molecule has 0 N–H and O–H groups in total. The third-order valence-corrected chi connectivity index (χ3v) is 4.11. The van der Waals surface area contributed by atoms with Gasteiger partial charge in [0.1, 0.15) is 0 Å². The van der Waals surface area contributed by atoms with Crippen molar-refractivity contribution in [2.45, 2.75) is 84.0 Å². The lowest BCUT2D eigenvalue weighted by Crippen LogP contribution is -2.02. The van der Waals surface area contributed by atoms with Gasteiger partial charge >= 0.3 is 0 Å². The average Bonchev–Trinajstić information content (AvgIpc) is 2.63. The van der Waals surface area contributed by atoms with Crippen molar-refractivity contribution in [3.63, 3.8) is 0 Å². The molecule has 0 aromatic carbocycles. The molecule has 151 valence electrons. The highest BCUT2D eigenvalue weighted by atomic mass is 16.6. The van der Waals surface area contributed by atoms with Crippen LogP contribution in [-0.4, -0.2) is 16.1 Å². The lowest BCUT2D eigenvalue weighted by molar-refractivity contribution is -0.432. The summed E-state index contributed by atoms with van der Waals surface area (Å²) in [5.74, 6) is 0. The van der Waals surface area contributed by atoms with Crippen LogP contribution < -0.4 is 0 Å². The first-order valence-electron chi connectivity index (χ1n) is 9.69. The Kier molecular flexibility index (Phi) is 15.7. The lowest BCUT2D eigenvalue weighted by atomic mass is 10.1. The molecule has 0 aliphatic carbocycles. The van der Waals surface area contributed by atoms with Gasteiger partial charge in [-0.3, -0.25) is 25.0 Å². The van der Waals surface area contributed by atoms with Gasteiger partial charge in [0.25, 0.3) is 0 Å². The fourth-order valence-corrected chi connectivity index (χ4v) is 2.52. The van der Waals surface area contributed by atoms with E-state index in [0.29, 0.717) is 25.7 Å². The van der Waals surface area contributed by atoms with Crippen molar-refractivity contribution in [2.24, 2.45) is 0 Å². The summed E-state index contributed by atoms with van der Waals surface area (Å²) in [4.78, 5) is 31.4. The van der Waals surface area contributed by atoms with Gasteiger partial charge in [-0.1, -0.05) is 51.2 Å². The van der Waals surface area contributed by atoms with Crippen LogP contribution in [0.5, 0.6) is 0 Å². The van der Waals surface area contributed by atoms with Crippen LogP contribution in [0.25, 0.3) is 0 Å². The summed E-state index contributed by atoms with van der Waals surface area (Å²) in [6.07, 6.45) is 17.0. The van der Waals surface area contributed by atoms with Crippen molar-refractivity contribution in [3.8, 4) is 0 Å². The molecule has 0 bridgehead atoms. The Morgan fingerprint density at radius 2 is 1.56 bits per heavy atom. The number of unbranched alkanes of at least 4 members (excludes halogenated alkanes) is 7. The molecule has 0 atom stereocenters. The topological polar surface area (TPSA) is 103 Å². The molecule has 0 heterocycles. The highest BCUT2D eigenvalue weighted by Crippen LogP contribution is 2.15. The molecule has 0 aromatic heterocycles. The smallest absolute Gasteiger partial charge is 0.246 e. The van der Waals surface area contributed by atoms with Gasteiger partial charge in [0.05, 0.1) is 16.3 Å². The van der Waals surface area contributed by atoms with Gasteiger partial charge in [-0.2, -0.15) is 0 Å². The predicted octanol–water partition coefficient (Wildman–Crippen LogP) is 5.67. The molecule has 0 spiro atoms. The van der Waals surface area contributed by atoms with Crippen molar-refractivity contribution < 1.29 is 14.6 Å². The van der Waals surface area contributed by atoms with Gasteiger partial charge in [0.15, 0.2) is 6.29 Å². The van der Waals surface area contributed by atoms with Gasteiger partial charge < -0.3 is 0 Å². The minimum absolute atomic E-state index is 0.0387. The molecule has 0 aliphatic rings. The average molecular weight is 379 g/mol. The van der Waals surface area contributed by atoms with E-state index < -0.39 is 9.85 Å². The largest absolute Gasteiger partial charge is 0.291 e. The Hall–Kier alpha value is -2.31. The Labute approximate surface area is 161 Å². The summed E-state index contributed by atoms with van der Waals surface area (Å²) in [6.45, 7) is 2.14. The molecule has 7 heteroatoms. The molecule has 7 nitrogen and oxygen atoms in total. The third-order valence-electron chi connectivity index (χ3n) is 4.11. The van der Waals surface area contributed by atoms with E-state index in [0.717, 1.165) is 38.5 Å². The highest BCUT2D eigenvalue weighted by molar-refractivity contribution is 5.50. The maximum absolute atomic E-state index is 11.1. The highest BCUT2D eigenvalue weighted by Gasteiger charge is 2.14. The van der Waals surface area contributed by atoms with Crippen LogP contribution in [-0.2, 0) is 4.79 Å². The monoisotopic (exact) mass is 379 g/mol. The zero-order valence-electron chi connectivity index (χ0n) is 16.2. The summed E-state index contributed by atoms with van der Waals surface area (Å²) < 4.78 is 0. The number of allylic oxidation sites excluding steroid dienone is 5. The fourth-order valence-electron chi connectivity index (χ4n) is 2.52. The van der Waals surface area contributed by atoms with E-state index >= 15 is 0 Å². The fraction of sp³-hybridized carbons (Fsp3) is 0.650. The van der Waals surface area contributed by atoms with E-state index in [1.807, 2.05) is 12.4 Å². The third kappa shape index (κ3) is 14.5. The molecule has 0 unspecified atom stereocenters. The Morgan fingerprint density at radius 1 is 0.889 bits per heavy atom. The van der Waals surface area contributed by atoms with Gasteiger partial charge in [0, 0.05) is 12.8 Å². The van der Waals surface area contributed by atoms with Gasteiger partial charge in [0.2, 0.25) is 11.4 Å². The molecule has 0 aliphatic heterocycles. The molecule has 0 saturated carbocycles. The van der Waals surface area contributed by atoms with Crippen molar-refractivity contribution >= 4 is 6.29 Å². The molecule has 0 saturated heterocycles. The second kappa shape index (κ2) is 17.1. The van der Waals surface area contributed by atoms with E-state index in [-0.39, 0.29) is 17.8 Å². The maximum atomic E-state index is 11.1. The van der Waals surface area contributed by atoms with E-state index in [9.17, 15) is 25.0 Å². The van der Waals surface area contributed by atoms with Crippen LogP contribution in [0.15, 0.2) is 35.7 Å². The minimum atomic E-state index is -0.492. The molecule has 1 radical (unpaired) electrons. The number of carbonyl (C=O) groups excluding carboxylic acids is 1. The maximum Gasteiger partial charge on any atom is 0.246 e. The number of hydrogen-bond donors (Lipinski definition) is 0. The first-order chi connectivity index (χ1) is 13.0. The normalized spacial score (nSPS) is 12.5. The summed E-state index contributed by atoms with van der Waals surface area (Å²) >= 11 is 0. The molecular formula is C20H31N2O5. The zero-order valence-corrected chi connectivity index (χ0v) is 16.2. The minimum Gasteiger partial charge on any atom is -0.291 e. The van der Waals surface area contributed by atoms with Crippen LogP contribution in [0.3, 0.4) is 0 Å². The molecule has 0 rings (SSSR count). The van der Waals surface area contributed by atoms with E-state index in [1.165, 1.54) is 18.6 Å². The second-order valence-corrected chi connectivity index (χ2v) is 6.37. The summed E-state index contributed by atoms with van der Waals surface area (Å²) in [5.41, 5.74) is 0.0158. The summed E-state index contributed by atoms with van der Waals surface area (Å²) in [6, 6.07) is 0. The van der Waals surface area contributed by atoms with Crippen molar-refractivity contribution in [1.82, 2.24) is 0 Å². The van der Waals surface area contributed by atoms with Gasteiger partial charge in [-0.05, 0) is 37.8 Å². The van der Waals surface area contributed by atoms with Crippen LogP contribution >= 0.6 is 0 Å². The Morgan fingerprint density at radius 3 is 2.19 bits per heavy atom. The number of nitrogens with zero attached hydrogens (tertiary/aromatic N) is 2. The second-order valence-electron chi connectivity index (χ2n) is 6.37. The molecule has 0 fully saturated rings. The van der Waals surface area contributed by atoms with Crippen molar-refractivity contribution in [2.75, 3.05) is 0 Å². The van der Waals surface area contributed by atoms with Gasteiger partial charge in [-0.25, -0.2) is 0 Å². The van der Waals surface area contributed by atoms with E-state index in [2.05, 4.69) is 6.92 Å². The Balaban J connectivity index is 4.51. The SMILES string of the molecule is CCCCCCCC/C(=C\C/C(=C\C/C=C\CCC[C]=O)[N+](=O)[O-])[N+](=O)[O-]. The molecule has 0 aromatic rings. The standard InChI is InChI=1S/C20H31N2O5/c1-2-3-4-5-8-11-14-19(21(24)25)16-17-20(22(26)27)15-12-9-6-7-10-13-18-23/h6,9,15-16H,2-5,7-8,10-14,17H2,1H3/b9-6-,19-16+,20-15+. The Bertz CT molecular complexity index is 538. The number of hydrogen-bond acceptors (Lipinski definition) is 5. The van der Waals surface area contributed by atoms with E-state index in [1.54, 1.807) is 6.08 Å². The summed E-state index contributed by atoms with van der Waals surface area (Å²) in [7, 11) is 0. The van der Waals surface area contributed by atoms with Crippen LogP contribution in [0.1, 0.15) is 84.0 Å². The van der Waals surface area contributed by atoms with Crippen molar-refractivity contribution in [1.29, 1.82) is 0 Å². The number of rotatable bonds is 17. The summed E-state index contributed by atoms with van der Waals surface area (Å²) in [5, 5.41) is 22.3. The first kappa shape index (κ1) is 24.7.